The van der Waals surface area contributed by atoms with Gasteiger partial charge in [-0.3, -0.25) is 9.36 Å². The van der Waals surface area contributed by atoms with Crippen molar-refractivity contribution in [3.63, 3.8) is 0 Å². The first-order valence-electron chi connectivity index (χ1n) is 9.23. The number of hydrogen-bond acceptors (Lipinski definition) is 5. The maximum atomic E-state index is 13.2. The van der Waals surface area contributed by atoms with Crippen LogP contribution >= 0.6 is 11.8 Å². The number of thioether (sulfide) groups is 1. The van der Waals surface area contributed by atoms with Gasteiger partial charge in [0.1, 0.15) is 11.5 Å². The Morgan fingerprint density at radius 1 is 0.897 bits per heavy atom. The van der Waals surface area contributed by atoms with Crippen molar-refractivity contribution in [2.75, 3.05) is 19.5 Å². The summed E-state index contributed by atoms with van der Waals surface area (Å²) in [4.78, 5) is 17.9. The highest BCUT2D eigenvalue weighted by Crippen LogP contribution is 2.25. The second-order valence-corrected chi connectivity index (χ2v) is 7.36. The van der Waals surface area contributed by atoms with Gasteiger partial charge in [0.2, 0.25) is 0 Å². The maximum absolute atomic E-state index is 13.2. The van der Waals surface area contributed by atoms with E-state index in [4.69, 9.17) is 14.5 Å². The van der Waals surface area contributed by atoms with Crippen LogP contribution in [0.15, 0.2) is 88.8 Å². The molecule has 0 N–H and O–H groups in total. The molecular weight excluding hydrogens is 384 g/mol. The third kappa shape index (κ3) is 4.34. The molecule has 146 valence electrons. The molecule has 29 heavy (non-hydrogen) atoms. The van der Waals surface area contributed by atoms with Gasteiger partial charge in [-0.1, -0.05) is 42.1 Å². The third-order valence-electron chi connectivity index (χ3n) is 4.34. The molecule has 3 aromatic carbocycles. The van der Waals surface area contributed by atoms with E-state index in [1.807, 2.05) is 72.8 Å². The normalized spacial score (nSPS) is 10.9. The van der Waals surface area contributed by atoms with Gasteiger partial charge < -0.3 is 9.47 Å². The fourth-order valence-corrected chi connectivity index (χ4v) is 3.85. The molecule has 0 amide bonds. The van der Waals surface area contributed by atoms with E-state index in [0.717, 1.165) is 11.4 Å². The largest absolute Gasteiger partial charge is 0.457 e. The minimum absolute atomic E-state index is 0.0905. The van der Waals surface area contributed by atoms with Crippen LogP contribution in [0.3, 0.4) is 0 Å². The average Bonchev–Trinajstić information content (AvgIpc) is 2.76. The van der Waals surface area contributed by atoms with Crippen LogP contribution in [-0.4, -0.2) is 29.0 Å². The van der Waals surface area contributed by atoms with Gasteiger partial charge in [-0.05, 0) is 48.5 Å². The summed E-state index contributed by atoms with van der Waals surface area (Å²) in [5, 5.41) is 1.23. The summed E-state index contributed by atoms with van der Waals surface area (Å²) < 4.78 is 12.6. The van der Waals surface area contributed by atoms with Crippen LogP contribution in [0, 0.1) is 0 Å². The van der Waals surface area contributed by atoms with Crippen LogP contribution in [0.25, 0.3) is 16.6 Å². The fraction of sp³-hybridized carbons (Fsp3) is 0.130. The van der Waals surface area contributed by atoms with E-state index >= 15 is 0 Å². The van der Waals surface area contributed by atoms with Gasteiger partial charge in [0.05, 0.1) is 23.2 Å². The zero-order valence-electron chi connectivity index (χ0n) is 15.9. The van der Waals surface area contributed by atoms with E-state index in [1.165, 1.54) is 11.8 Å². The summed E-state index contributed by atoms with van der Waals surface area (Å²) in [6, 6.07) is 24.4. The molecule has 1 aromatic heterocycles. The Balaban J connectivity index is 1.72. The summed E-state index contributed by atoms with van der Waals surface area (Å²) in [5.41, 5.74) is 1.35. The molecule has 0 aliphatic rings. The predicted octanol–water partition coefficient (Wildman–Crippen LogP) is 4.92. The molecule has 0 aliphatic heterocycles. The average molecular weight is 404 g/mol. The van der Waals surface area contributed by atoms with Crippen molar-refractivity contribution < 1.29 is 9.47 Å². The Kier molecular flexibility index (Phi) is 5.93. The number of benzene rings is 3. The lowest BCUT2D eigenvalue weighted by Crippen LogP contribution is -2.22. The van der Waals surface area contributed by atoms with Crippen molar-refractivity contribution in [2.45, 2.75) is 5.16 Å². The van der Waals surface area contributed by atoms with Crippen LogP contribution in [0.2, 0.25) is 0 Å². The molecule has 0 aliphatic carbocycles. The van der Waals surface area contributed by atoms with Crippen molar-refractivity contribution in [3.8, 4) is 17.2 Å². The monoisotopic (exact) mass is 404 g/mol. The minimum atomic E-state index is -0.0905. The van der Waals surface area contributed by atoms with E-state index < -0.39 is 0 Å². The van der Waals surface area contributed by atoms with Gasteiger partial charge in [0, 0.05) is 12.9 Å². The summed E-state index contributed by atoms with van der Waals surface area (Å²) in [6.07, 6.45) is 0. The molecule has 4 rings (SSSR count). The minimum Gasteiger partial charge on any atom is -0.457 e. The molecule has 0 spiro atoms. The summed E-state index contributed by atoms with van der Waals surface area (Å²) in [7, 11) is 1.66. The van der Waals surface area contributed by atoms with Gasteiger partial charge in [-0.25, -0.2) is 4.98 Å². The summed E-state index contributed by atoms with van der Waals surface area (Å²) in [6.45, 7) is 0.581. The van der Waals surface area contributed by atoms with E-state index in [1.54, 1.807) is 17.7 Å². The molecule has 0 saturated carbocycles. The molecule has 6 heteroatoms. The Labute approximate surface area is 172 Å². The van der Waals surface area contributed by atoms with Gasteiger partial charge in [-0.2, -0.15) is 0 Å². The molecule has 0 bridgehead atoms. The van der Waals surface area contributed by atoms with Crippen molar-refractivity contribution >= 4 is 22.7 Å². The van der Waals surface area contributed by atoms with Crippen molar-refractivity contribution in [1.82, 2.24) is 9.55 Å². The molecular formula is C23H20N2O3S. The molecule has 0 fully saturated rings. The fourth-order valence-electron chi connectivity index (χ4n) is 2.94. The Morgan fingerprint density at radius 2 is 1.59 bits per heavy atom. The van der Waals surface area contributed by atoms with Crippen LogP contribution < -0.4 is 10.3 Å². The lowest BCUT2D eigenvalue weighted by atomic mass is 10.2. The first kappa shape index (κ1) is 19.2. The third-order valence-corrected chi connectivity index (χ3v) is 5.24. The van der Waals surface area contributed by atoms with E-state index in [-0.39, 0.29) is 5.56 Å². The zero-order chi connectivity index (χ0) is 20.1. The molecule has 5 nitrogen and oxygen atoms in total. The van der Waals surface area contributed by atoms with E-state index in [2.05, 4.69) is 0 Å². The number of rotatable bonds is 7. The first-order valence-corrected chi connectivity index (χ1v) is 10.2. The summed E-state index contributed by atoms with van der Waals surface area (Å²) in [5.74, 6) is 2.17. The second kappa shape index (κ2) is 8.94. The maximum Gasteiger partial charge on any atom is 0.266 e. The molecule has 0 saturated heterocycles. The number of hydrogen-bond donors (Lipinski definition) is 0. The smallest absolute Gasteiger partial charge is 0.266 e. The van der Waals surface area contributed by atoms with Crippen molar-refractivity contribution in [2.24, 2.45) is 0 Å². The quantitative estimate of drug-likeness (QED) is 0.249. The number of methoxy groups -OCH3 is 1. The molecule has 0 radical (unpaired) electrons. The van der Waals surface area contributed by atoms with Crippen LogP contribution in [-0.2, 0) is 4.74 Å². The molecule has 1 heterocycles. The van der Waals surface area contributed by atoms with Crippen molar-refractivity contribution in [3.05, 3.63) is 89.2 Å². The second-order valence-electron chi connectivity index (χ2n) is 6.30. The van der Waals surface area contributed by atoms with Gasteiger partial charge in [0.25, 0.3) is 5.56 Å². The predicted molar refractivity (Wildman–Crippen MR) is 116 cm³/mol. The Bertz CT molecular complexity index is 1160. The van der Waals surface area contributed by atoms with Crippen LogP contribution in [0.5, 0.6) is 11.5 Å². The van der Waals surface area contributed by atoms with Crippen molar-refractivity contribution in [1.29, 1.82) is 0 Å². The van der Waals surface area contributed by atoms with Gasteiger partial charge in [0.15, 0.2) is 5.16 Å². The van der Waals surface area contributed by atoms with Crippen LogP contribution in [0.1, 0.15) is 0 Å². The van der Waals surface area contributed by atoms with Crippen LogP contribution in [0.4, 0.5) is 0 Å². The Hall–Kier alpha value is -3.09. The Morgan fingerprint density at radius 3 is 2.34 bits per heavy atom. The van der Waals surface area contributed by atoms with Gasteiger partial charge in [-0.15, -0.1) is 0 Å². The molecule has 0 unspecified atom stereocenters. The number of aromatic nitrogens is 2. The number of nitrogens with zero attached hydrogens (tertiary/aromatic N) is 2. The highest BCUT2D eigenvalue weighted by atomic mass is 32.2. The van der Waals surface area contributed by atoms with Gasteiger partial charge >= 0.3 is 0 Å². The number of para-hydroxylation sites is 2. The number of ether oxygens (including phenoxy) is 2. The topological polar surface area (TPSA) is 53.3 Å². The summed E-state index contributed by atoms with van der Waals surface area (Å²) >= 11 is 1.50. The highest BCUT2D eigenvalue weighted by Gasteiger charge is 2.13. The number of fused-ring (bicyclic) bond motifs is 1. The lowest BCUT2D eigenvalue weighted by molar-refractivity contribution is 0.218. The van der Waals surface area contributed by atoms with E-state index in [9.17, 15) is 4.79 Å². The molecule has 0 atom stereocenters. The SMILES string of the molecule is COCCSc1nc2ccccc2c(=O)n1-c1ccc(Oc2ccccc2)cc1. The highest BCUT2D eigenvalue weighted by molar-refractivity contribution is 7.99. The molecule has 4 aromatic rings. The first-order chi connectivity index (χ1) is 14.3. The standard InChI is InChI=1S/C23H20N2O3S/c1-27-15-16-29-23-24-21-10-6-5-9-20(21)22(26)25(23)17-11-13-19(14-12-17)28-18-7-3-2-4-8-18/h2-14H,15-16H2,1H3. The lowest BCUT2D eigenvalue weighted by Gasteiger charge is -2.14. The zero-order valence-corrected chi connectivity index (χ0v) is 16.8. The van der Waals surface area contributed by atoms with E-state index in [0.29, 0.717) is 34.2 Å².